The predicted molar refractivity (Wildman–Crippen MR) is 93.7 cm³/mol. The third-order valence-electron chi connectivity index (χ3n) is 5.17. The lowest BCUT2D eigenvalue weighted by Gasteiger charge is -2.44. The number of ketones is 1. The molecule has 2 heterocycles. The molecule has 1 aromatic carbocycles. The molecule has 3 rings (SSSR count). The van der Waals surface area contributed by atoms with Crippen molar-refractivity contribution in [2.75, 3.05) is 20.2 Å². The maximum Gasteiger partial charge on any atom is 0.178 e. The van der Waals surface area contributed by atoms with Gasteiger partial charge in [0.25, 0.3) is 0 Å². The number of ether oxygens (including phenoxy) is 1. The Morgan fingerprint density at radius 1 is 1.36 bits per heavy atom. The molecule has 0 unspecified atom stereocenters. The van der Waals surface area contributed by atoms with Gasteiger partial charge >= 0.3 is 0 Å². The van der Waals surface area contributed by atoms with Crippen molar-refractivity contribution in [1.82, 2.24) is 10.5 Å². The second-order valence-electron chi connectivity index (χ2n) is 7.06. The summed E-state index contributed by atoms with van der Waals surface area (Å²) in [6.07, 6.45) is 2.83. The summed E-state index contributed by atoms with van der Waals surface area (Å²) in [7, 11) is 1.60. The van der Waals surface area contributed by atoms with E-state index in [9.17, 15) is 9.90 Å². The molecule has 1 aromatic heterocycles. The topological polar surface area (TPSA) is 84.6 Å². The van der Waals surface area contributed by atoms with Gasteiger partial charge in [0.05, 0.1) is 23.7 Å². The predicted octanol–water partition coefficient (Wildman–Crippen LogP) is 2.67. The van der Waals surface area contributed by atoms with Gasteiger partial charge in [0.1, 0.15) is 17.7 Å². The summed E-state index contributed by atoms with van der Waals surface area (Å²) in [5.74, 6) is 0.587. The molecule has 0 spiro atoms. The van der Waals surface area contributed by atoms with E-state index in [1.807, 2.05) is 24.3 Å². The first-order valence-corrected chi connectivity index (χ1v) is 8.46. The molecule has 2 N–H and O–H groups in total. The van der Waals surface area contributed by atoms with Gasteiger partial charge in [0, 0.05) is 12.1 Å². The highest BCUT2D eigenvalue weighted by atomic mass is 16.5. The van der Waals surface area contributed by atoms with Gasteiger partial charge in [0.15, 0.2) is 5.78 Å². The fourth-order valence-corrected chi connectivity index (χ4v) is 3.51. The van der Waals surface area contributed by atoms with Crippen molar-refractivity contribution >= 4 is 5.78 Å². The van der Waals surface area contributed by atoms with E-state index in [0.29, 0.717) is 24.2 Å². The number of methoxy groups -OCH3 is 1. The Balaban J connectivity index is 2.01. The van der Waals surface area contributed by atoms with Crippen molar-refractivity contribution < 1.29 is 19.2 Å². The summed E-state index contributed by atoms with van der Waals surface area (Å²) in [5.41, 5.74) is -0.408. The van der Waals surface area contributed by atoms with E-state index in [1.54, 1.807) is 21.0 Å². The highest BCUT2D eigenvalue weighted by molar-refractivity contribution is 6.05. The maximum atomic E-state index is 13.4. The minimum Gasteiger partial charge on any atom is -0.497 e. The molecule has 0 aliphatic carbocycles. The van der Waals surface area contributed by atoms with Crippen LogP contribution in [0.1, 0.15) is 37.0 Å². The molecule has 0 radical (unpaired) electrons. The number of hydrogen-bond donors (Lipinski definition) is 2. The summed E-state index contributed by atoms with van der Waals surface area (Å²) in [6, 6.07) is 7.30. The van der Waals surface area contributed by atoms with Gasteiger partial charge in [0.2, 0.25) is 0 Å². The van der Waals surface area contributed by atoms with E-state index in [4.69, 9.17) is 9.26 Å². The molecule has 6 heteroatoms. The smallest absolute Gasteiger partial charge is 0.178 e. The van der Waals surface area contributed by atoms with Crippen LogP contribution in [-0.2, 0) is 0 Å². The zero-order valence-electron chi connectivity index (χ0n) is 14.8. The summed E-state index contributed by atoms with van der Waals surface area (Å²) >= 11 is 0. The molecule has 1 saturated heterocycles. The Bertz CT molecular complexity index is 738. The number of nitrogens with zero attached hydrogens (tertiary/aromatic N) is 1. The van der Waals surface area contributed by atoms with Crippen LogP contribution < -0.4 is 10.1 Å². The summed E-state index contributed by atoms with van der Waals surface area (Å²) < 4.78 is 10.3. The fourth-order valence-electron chi connectivity index (χ4n) is 3.51. The zero-order valence-corrected chi connectivity index (χ0v) is 14.8. The van der Waals surface area contributed by atoms with Gasteiger partial charge in [-0.15, -0.1) is 0 Å². The monoisotopic (exact) mass is 344 g/mol. The lowest BCUT2D eigenvalue weighted by molar-refractivity contribution is -0.0482. The van der Waals surface area contributed by atoms with Crippen molar-refractivity contribution in [2.24, 2.45) is 5.41 Å². The van der Waals surface area contributed by atoms with Crippen LogP contribution in [0.4, 0.5) is 0 Å². The van der Waals surface area contributed by atoms with Crippen molar-refractivity contribution in [3.05, 3.63) is 36.1 Å². The lowest BCUT2D eigenvalue weighted by Crippen LogP contribution is -2.57. The average molecular weight is 344 g/mol. The minimum atomic E-state index is -1.16. The molecule has 6 nitrogen and oxygen atoms in total. The molecule has 0 bridgehead atoms. The number of carbonyl (C=O) groups excluding carboxylic acids is 1. The van der Waals surface area contributed by atoms with Gasteiger partial charge in [-0.25, -0.2) is 0 Å². The normalized spacial score (nSPS) is 21.1. The maximum absolute atomic E-state index is 13.4. The van der Waals surface area contributed by atoms with E-state index in [2.05, 4.69) is 10.5 Å². The number of hydrogen-bond acceptors (Lipinski definition) is 6. The molecule has 1 aliphatic heterocycles. The van der Waals surface area contributed by atoms with Crippen molar-refractivity contribution in [2.45, 2.75) is 32.3 Å². The number of nitrogens with one attached hydrogen (secondary N) is 1. The number of piperidine rings is 1. The van der Waals surface area contributed by atoms with Crippen molar-refractivity contribution in [3.8, 4) is 17.0 Å². The lowest BCUT2D eigenvalue weighted by atomic mass is 9.64. The van der Waals surface area contributed by atoms with Crippen LogP contribution in [0.25, 0.3) is 11.3 Å². The average Bonchev–Trinajstić information content (AvgIpc) is 3.10. The second kappa shape index (κ2) is 6.61. The highest BCUT2D eigenvalue weighted by Crippen LogP contribution is 2.42. The Morgan fingerprint density at radius 3 is 2.64 bits per heavy atom. The summed E-state index contributed by atoms with van der Waals surface area (Å²) in [4.78, 5) is 13.4. The Hall–Kier alpha value is -2.18. The van der Waals surface area contributed by atoms with Gasteiger partial charge in [-0.2, -0.15) is 0 Å². The first kappa shape index (κ1) is 17.6. The number of benzene rings is 1. The van der Waals surface area contributed by atoms with Crippen molar-refractivity contribution in [3.63, 3.8) is 0 Å². The van der Waals surface area contributed by atoms with Gasteiger partial charge in [-0.3, -0.25) is 4.79 Å². The molecular weight excluding hydrogens is 320 g/mol. The molecule has 1 atom stereocenters. The quantitative estimate of drug-likeness (QED) is 0.811. The van der Waals surface area contributed by atoms with Crippen molar-refractivity contribution in [1.29, 1.82) is 0 Å². The molecule has 2 aromatic rings. The number of carbonyl (C=O) groups is 1. The van der Waals surface area contributed by atoms with Crippen LogP contribution in [0.15, 0.2) is 35.1 Å². The number of Topliss-reactive ketones (excluding diaryl/α,β-unsaturated/α-hetero) is 1. The number of rotatable bonds is 5. The third-order valence-corrected chi connectivity index (χ3v) is 5.17. The molecular formula is C19H24N2O4. The van der Waals surface area contributed by atoms with E-state index < -0.39 is 11.0 Å². The standard InChI is InChI=1S/C19H24N2O4/c1-18(2,23)19(9-4-10-20-12-19)17(22)15-11-25-21-16(15)13-5-7-14(24-3)8-6-13/h5-8,11,20,23H,4,9-10,12H2,1-3H3/t19-/m0/s1. The SMILES string of the molecule is COc1ccc(-c2nocc2C(=O)[C@]2(C(C)(C)O)CCCNC2)cc1. The van der Waals surface area contributed by atoms with E-state index in [1.165, 1.54) is 6.26 Å². The van der Waals surface area contributed by atoms with Crippen LogP contribution in [-0.4, -0.2) is 41.8 Å². The third kappa shape index (κ3) is 3.07. The van der Waals surface area contributed by atoms with Gasteiger partial charge < -0.3 is 19.7 Å². The van der Waals surface area contributed by atoms with Gasteiger partial charge in [-0.05, 0) is 57.5 Å². The zero-order chi connectivity index (χ0) is 18.1. The molecule has 0 amide bonds. The highest BCUT2D eigenvalue weighted by Gasteiger charge is 2.51. The Labute approximate surface area is 147 Å². The first-order valence-electron chi connectivity index (χ1n) is 8.46. The molecule has 134 valence electrons. The van der Waals surface area contributed by atoms with E-state index >= 15 is 0 Å². The second-order valence-corrected chi connectivity index (χ2v) is 7.06. The Morgan fingerprint density at radius 2 is 2.08 bits per heavy atom. The molecule has 0 saturated carbocycles. The van der Waals surface area contributed by atoms with Gasteiger partial charge in [-0.1, -0.05) is 5.16 Å². The first-order chi connectivity index (χ1) is 11.9. The summed E-state index contributed by atoms with van der Waals surface area (Å²) in [6.45, 7) is 4.67. The number of aromatic nitrogens is 1. The molecule has 1 fully saturated rings. The Kier molecular flexibility index (Phi) is 4.67. The van der Waals surface area contributed by atoms with E-state index in [-0.39, 0.29) is 5.78 Å². The van der Waals surface area contributed by atoms with E-state index in [0.717, 1.165) is 24.3 Å². The van der Waals surface area contributed by atoms with Crippen LogP contribution in [0.5, 0.6) is 5.75 Å². The van der Waals surface area contributed by atoms with Crippen LogP contribution >= 0.6 is 0 Å². The summed E-state index contributed by atoms with van der Waals surface area (Å²) in [5, 5.41) is 18.0. The largest absolute Gasteiger partial charge is 0.497 e. The van der Waals surface area contributed by atoms with Crippen LogP contribution in [0.3, 0.4) is 0 Å². The molecule has 25 heavy (non-hydrogen) atoms. The number of aliphatic hydroxyl groups is 1. The van der Waals surface area contributed by atoms with Crippen LogP contribution in [0.2, 0.25) is 0 Å². The fraction of sp³-hybridized carbons (Fsp3) is 0.474. The van der Waals surface area contributed by atoms with Crippen LogP contribution in [0, 0.1) is 5.41 Å². The minimum absolute atomic E-state index is 0.140. The molecule has 1 aliphatic rings.